The summed E-state index contributed by atoms with van der Waals surface area (Å²) in [4.78, 5) is 26.8. The summed E-state index contributed by atoms with van der Waals surface area (Å²) in [6, 6.07) is 23.1. The maximum atomic E-state index is 12.6. The second kappa shape index (κ2) is 10.2. The van der Waals surface area contributed by atoms with Gasteiger partial charge in [-0.1, -0.05) is 48.0 Å². The van der Waals surface area contributed by atoms with Gasteiger partial charge in [-0.25, -0.2) is 9.97 Å². The lowest BCUT2D eigenvalue weighted by Gasteiger charge is -2.37. The van der Waals surface area contributed by atoms with Crippen LogP contribution in [0.4, 0.5) is 11.5 Å². The number of anilines is 2. The normalized spacial score (nSPS) is 13.7. The van der Waals surface area contributed by atoms with Crippen LogP contribution < -0.4 is 19.9 Å². The molecule has 178 valence electrons. The van der Waals surface area contributed by atoms with Gasteiger partial charge in [-0.05, 0) is 36.4 Å². The van der Waals surface area contributed by atoms with Gasteiger partial charge in [0.2, 0.25) is 0 Å². The van der Waals surface area contributed by atoms with Gasteiger partial charge in [0.1, 0.15) is 11.6 Å². The largest absolute Gasteiger partial charge is 0.495 e. The second-order valence-corrected chi connectivity index (χ2v) is 8.70. The Morgan fingerprint density at radius 3 is 2.40 bits per heavy atom. The number of hydrogen-bond acceptors (Lipinski definition) is 6. The third-order valence-electron chi connectivity index (χ3n) is 6.16. The zero-order valence-corrected chi connectivity index (χ0v) is 20.2. The Labute approximate surface area is 209 Å². The molecule has 0 aliphatic carbocycles. The first-order valence-corrected chi connectivity index (χ1v) is 11.9. The van der Waals surface area contributed by atoms with Gasteiger partial charge in [-0.2, -0.15) is 0 Å². The number of methoxy groups -OCH3 is 1. The standard InChI is InChI=1S/C27H26ClN5O2/c1-35-24-13-7-6-12-23(24)32-14-16-33(17-15-32)26-20-9-3-5-11-22(20)30-25(31-26)18-29-27(34)19-8-2-4-10-21(19)28/h2-13H,14-18H2,1H3,(H,29,34). The van der Waals surface area contributed by atoms with E-state index < -0.39 is 0 Å². The van der Waals surface area contributed by atoms with E-state index in [0.717, 1.165) is 54.3 Å². The zero-order valence-electron chi connectivity index (χ0n) is 19.4. The lowest BCUT2D eigenvalue weighted by atomic mass is 10.2. The number of amides is 1. The molecule has 0 radical (unpaired) electrons. The molecule has 1 aliphatic rings. The van der Waals surface area contributed by atoms with Crippen molar-refractivity contribution in [1.82, 2.24) is 15.3 Å². The van der Waals surface area contributed by atoms with E-state index in [4.69, 9.17) is 26.3 Å². The Hall–Kier alpha value is -3.84. The van der Waals surface area contributed by atoms with Crippen molar-refractivity contribution < 1.29 is 9.53 Å². The Kier molecular flexibility index (Phi) is 6.68. The number of nitrogens with one attached hydrogen (secondary N) is 1. The second-order valence-electron chi connectivity index (χ2n) is 8.29. The van der Waals surface area contributed by atoms with Crippen LogP contribution in [-0.4, -0.2) is 49.2 Å². The van der Waals surface area contributed by atoms with Crippen molar-refractivity contribution in [2.45, 2.75) is 6.54 Å². The molecule has 4 aromatic rings. The van der Waals surface area contributed by atoms with E-state index in [-0.39, 0.29) is 12.5 Å². The molecule has 0 unspecified atom stereocenters. The summed E-state index contributed by atoms with van der Waals surface area (Å²) in [6.07, 6.45) is 0. The number of nitrogens with zero attached hydrogens (tertiary/aromatic N) is 4. The molecule has 0 atom stereocenters. The monoisotopic (exact) mass is 487 g/mol. The number of carbonyl (C=O) groups is 1. The van der Waals surface area contributed by atoms with Gasteiger partial charge in [-0.15, -0.1) is 0 Å². The highest BCUT2D eigenvalue weighted by atomic mass is 35.5. The maximum Gasteiger partial charge on any atom is 0.253 e. The van der Waals surface area contributed by atoms with Crippen molar-refractivity contribution in [1.29, 1.82) is 0 Å². The van der Waals surface area contributed by atoms with E-state index in [2.05, 4.69) is 21.2 Å². The first-order chi connectivity index (χ1) is 17.1. The smallest absolute Gasteiger partial charge is 0.253 e. The SMILES string of the molecule is COc1ccccc1N1CCN(c2nc(CNC(=O)c3ccccc3Cl)nc3ccccc23)CC1. The minimum Gasteiger partial charge on any atom is -0.495 e. The average Bonchev–Trinajstić information content (AvgIpc) is 2.91. The number of halogens is 1. The summed E-state index contributed by atoms with van der Waals surface area (Å²) in [7, 11) is 1.70. The molecule has 1 amide bonds. The number of ether oxygens (including phenoxy) is 1. The molecule has 1 N–H and O–H groups in total. The average molecular weight is 488 g/mol. The van der Waals surface area contributed by atoms with Gasteiger partial charge >= 0.3 is 0 Å². The lowest BCUT2D eigenvalue weighted by molar-refractivity contribution is 0.0950. The van der Waals surface area contributed by atoms with Crippen molar-refractivity contribution in [2.24, 2.45) is 0 Å². The van der Waals surface area contributed by atoms with Gasteiger partial charge in [0.15, 0.2) is 5.82 Å². The molecule has 7 nitrogen and oxygen atoms in total. The van der Waals surface area contributed by atoms with Gasteiger partial charge in [0, 0.05) is 31.6 Å². The highest BCUT2D eigenvalue weighted by Crippen LogP contribution is 2.30. The molecule has 0 spiro atoms. The lowest BCUT2D eigenvalue weighted by Crippen LogP contribution is -2.47. The third-order valence-corrected chi connectivity index (χ3v) is 6.49. The molecule has 5 rings (SSSR count). The number of rotatable bonds is 6. The van der Waals surface area contributed by atoms with E-state index in [9.17, 15) is 4.79 Å². The number of hydrogen-bond donors (Lipinski definition) is 1. The maximum absolute atomic E-state index is 12.6. The summed E-state index contributed by atoms with van der Waals surface area (Å²) in [5, 5.41) is 4.32. The Morgan fingerprint density at radius 1 is 0.914 bits per heavy atom. The van der Waals surface area contributed by atoms with Gasteiger partial charge in [-0.3, -0.25) is 4.79 Å². The fourth-order valence-corrected chi connectivity index (χ4v) is 4.60. The predicted molar refractivity (Wildman–Crippen MR) is 140 cm³/mol. The molecule has 2 heterocycles. The number of benzene rings is 3. The molecule has 8 heteroatoms. The topological polar surface area (TPSA) is 70.6 Å². The third kappa shape index (κ3) is 4.86. The van der Waals surface area contributed by atoms with Crippen LogP contribution in [0.5, 0.6) is 5.75 Å². The Morgan fingerprint density at radius 2 is 1.60 bits per heavy atom. The van der Waals surface area contributed by atoms with Crippen LogP contribution in [0.25, 0.3) is 10.9 Å². The summed E-state index contributed by atoms with van der Waals surface area (Å²) >= 11 is 6.17. The first-order valence-electron chi connectivity index (χ1n) is 11.6. The van der Waals surface area contributed by atoms with E-state index in [1.54, 1.807) is 31.4 Å². The van der Waals surface area contributed by atoms with E-state index in [1.165, 1.54) is 0 Å². The highest BCUT2D eigenvalue weighted by Gasteiger charge is 2.23. The fraction of sp³-hybridized carbons (Fsp3) is 0.222. The molecule has 1 aromatic heterocycles. The van der Waals surface area contributed by atoms with Crippen LogP contribution in [0.3, 0.4) is 0 Å². The Bertz CT molecular complexity index is 1350. The van der Waals surface area contributed by atoms with Gasteiger partial charge in [0.05, 0.1) is 35.4 Å². The van der Waals surface area contributed by atoms with Crippen LogP contribution in [-0.2, 0) is 6.54 Å². The Balaban J connectivity index is 1.35. The van der Waals surface area contributed by atoms with E-state index in [0.29, 0.717) is 16.4 Å². The van der Waals surface area contributed by atoms with E-state index >= 15 is 0 Å². The summed E-state index contributed by atoms with van der Waals surface area (Å²) in [5.74, 6) is 2.08. The van der Waals surface area contributed by atoms with Crippen LogP contribution in [0.2, 0.25) is 5.02 Å². The van der Waals surface area contributed by atoms with Crippen molar-refractivity contribution in [3.8, 4) is 5.75 Å². The van der Waals surface area contributed by atoms with Crippen LogP contribution in [0.15, 0.2) is 72.8 Å². The minimum absolute atomic E-state index is 0.211. The fourth-order valence-electron chi connectivity index (χ4n) is 4.38. The van der Waals surface area contributed by atoms with Crippen molar-refractivity contribution in [3.63, 3.8) is 0 Å². The van der Waals surface area contributed by atoms with Crippen LogP contribution >= 0.6 is 11.6 Å². The number of fused-ring (bicyclic) bond motifs is 1. The summed E-state index contributed by atoms with van der Waals surface area (Å²) in [6.45, 7) is 3.52. The van der Waals surface area contributed by atoms with E-state index in [1.807, 2.05) is 42.5 Å². The summed E-state index contributed by atoms with van der Waals surface area (Å²) in [5.41, 5.74) is 2.39. The zero-order chi connectivity index (χ0) is 24.2. The number of carbonyl (C=O) groups excluding carboxylic acids is 1. The van der Waals surface area contributed by atoms with Crippen molar-refractivity contribution in [2.75, 3.05) is 43.1 Å². The van der Waals surface area contributed by atoms with Crippen molar-refractivity contribution in [3.05, 3.63) is 89.2 Å². The summed E-state index contributed by atoms with van der Waals surface area (Å²) < 4.78 is 5.55. The van der Waals surface area contributed by atoms with Gasteiger partial charge < -0.3 is 19.9 Å². The number of piperazine rings is 1. The molecular formula is C27H26ClN5O2. The molecule has 0 bridgehead atoms. The van der Waals surface area contributed by atoms with Crippen molar-refractivity contribution >= 4 is 39.9 Å². The minimum atomic E-state index is -0.251. The quantitative estimate of drug-likeness (QED) is 0.430. The predicted octanol–water partition coefficient (Wildman–Crippen LogP) is 4.55. The molecular weight excluding hydrogens is 462 g/mol. The molecule has 3 aromatic carbocycles. The highest BCUT2D eigenvalue weighted by molar-refractivity contribution is 6.33. The first kappa shape index (κ1) is 22.9. The number of aromatic nitrogens is 2. The molecule has 35 heavy (non-hydrogen) atoms. The van der Waals surface area contributed by atoms with Crippen LogP contribution in [0, 0.1) is 0 Å². The van der Waals surface area contributed by atoms with Gasteiger partial charge in [0.25, 0.3) is 5.91 Å². The van der Waals surface area contributed by atoms with Crippen LogP contribution in [0.1, 0.15) is 16.2 Å². The molecule has 1 aliphatic heterocycles. The molecule has 1 saturated heterocycles. The molecule has 1 fully saturated rings. The number of para-hydroxylation sites is 3. The molecule has 0 saturated carbocycles.